The minimum absolute atomic E-state index is 0.0255. The number of phenolic OH excluding ortho intramolecular Hbond substituents is 1. The fourth-order valence-corrected chi connectivity index (χ4v) is 4.19. The minimum Gasteiger partial charge on any atom is -0.503 e. The van der Waals surface area contributed by atoms with Crippen molar-refractivity contribution >= 4 is 53.5 Å². The predicted octanol–water partition coefficient (Wildman–Crippen LogP) is 5.90. The average molecular weight is 475 g/mol. The Kier molecular flexibility index (Phi) is 4.56. The molecule has 4 rings (SSSR count). The maximum absolute atomic E-state index is 10.6. The lowest BCUT2D eigenvalue weighted by Gasteiger charge is -2.14. The number of rotatable bonds is 3. The molecule has 2 N–H and O–H groups in total. The molecule has 0 saturated carbocycles. The molecule has 0 aliphatic carbocycles. The number of para-hydroxylation sites is 1. The van der Waals surface area contributed by atoms with Crippen molar-refractivity contribution in [2.24, 2.45) is 0 Å². The monoisotopic (exact) mass is 473 g/mol. The van der Waals surface area contributed by atoms with Crippen molar-refractivity contribution in [3.05, 3.63) is 69.2 Å². The highest BCUT2D eigenvalue weighted by Gasteiger charge is 2.17. The minimum atomic E-state index is -0.137. The molecule has 0 aliphatic rings. The quantitative estimate of drug-likeness (QED) is 0.387. The van der Waals surface area contributed by atoms with Gasteiger partial charge in [0.2, 0.25) is 0 Å². The van der Waals surface area contributed by atoms with Crippen LogP contribution in [0.1, 0.15) is 5.56 Å². The molecule has 1 aromatic heterocycles. The summed E-state index contributed by atoms with van der Waals surface area (Å²) in [6.07, 6.45) is 1.70. The molecule has 130 valence electrons. The van der Waals surface area contributed by atoms with E-state index in [1.165, 1.54) is 0 Å². The Morgan fingerprint density at radius 1 is 0.962 bits per heavy atom. The summed E-state index contributed by atoms with van der Waals surface area (Å²) in [5.74, 6) is 0.842. The number of benzene rings is 3. The van der Waals surface area contributed by atoms with Gasteiger partial charge >= 0.3 is 0 Å². The maximum Gasteiger partial charge on any atom is 0.173 e. The number of aliphatic hydroxyl groups excluding tert-OH is 1. The highest BCUT2D eigenvalue weighted by molar-refractivity contribution is 9.11. The SMILES string of the molecule is OCc1cc(Br)cc2cc(Oc3cccc4cccnc34)c(O)c(Br)c12. The normalized spacial score (nSPS) is 11.2. The summed E-state index contributed by atoms with van der Waals surface area (Å²) in [6, 6.07) is 15.0. The fourth-order valence-electron chi connectivity index (χ4n) is 2.98. The summed E-state index contributed by atoms with van der Waals surface area (Å²) in [7, 11) is 0. The Hall–Kier alpha value is -2.15. The van der Waals surface area contributed by atoms with Crippen molar-refractivity contribution in [1.29, 1.82) is 0 Å². The number of hydrogen-bond donors (Lipinski definition) is 2. The molecule has 1 heterocycles. The van der Waals surface area contributed by atoms with Crippen molar-refractivity contribution in [2.75, 3.05) is 0 Å². The molecule has 6 heteroatoms. The number of pyridine rings is 1. The molecule has 3 aromatic carbocycles. The van der Waals surface area contributed by atoms with Gasteiger partial charge in [0, 0.05) is 21.4 Å². The van der Waals surface area contributed by atoms with Gasteiger partial charge in [0.1, 0.15) is 5.52 Å². The molecular weight excluding hydrogens is 462 g/mol. The zero-order valence-corrected chi connectivity index (χ0v) is 16.6. The van der Waals surface area contributed by atoms with Crippen LogP contribution in [0.3, 0.4) is 0 Å². The third kappa shape index (κ3) is 2.94. The Morgan fingerprint density at radius 3 is 2.58 bits per heavy atom. The summed E-state index contributed by atoms with van der Waals surface area (Å²) < 4.78 is 7.32. The van der Waals surface area contributed by atoms with E-state index in [0.717, 1.165) is 26.1 Å². The van der Waals surface area contributed by atoms with Crippen LogP contribution in [0.15, 0.2) is 63.7 Å². The van der Waals surface area contributed by atoms with Gasteiger partial charge in [-0.25, -0.2) is 0 Å². The van der Waals surface area contributed by atoms with Crippen LogP contribution in [0.2, 0.25) is 0 Å². The zero-order valence-electron chi connectivity index (χ0n) is 13.4. The van der Waals surface area contributed by atoms with Gasteiger partial charge in [0.15, 0.2) is 17.2 Å². The first-order chi connectivity index (χ1) is 12.6. The molecule has 4 aromatic rings. The highest BCUT2D eigenvalue weighted by atomic mass is 79.9. The number of nitrogens with zero attached hydrogens (tertiary/aromatic N) is 1. The van der Waals surface area contributed by atoms with E-state index in [-0.39, 0.29) is 12.4 Å². The first-order valence-corrected chi connectivity index (χ1v) is 9.43. The molecule has 0 unspecified atom stereocenters. The van der Waals surface area contributed by atoms with Crippen LogP contribution < -0.4 is 4.74 Å². The van der Waals surface area contributed by atoms with Gasteiger partial charge in [-0.3, -0.25) is 4.98 Å². The number of halogens is 2. The van der Waals surface area contributed by atoms with Crippen LogP contribution >= 0.6 is 31.9 Å². The fraction of sp³-hybridized carbons (Fsp3) is 0.0500. The summed E-state index contributed by atoms with van der Waals surface area (Å²) in [5.41, 5.74) is 1.42. The van der Waals surface area contributed by atoms with Crippen LogP contribution in [-0.2, 0) is 6.61 Å². The van der Waals surface area contributed by atoms with Gasteiger partial charge in [0.05, 0.1) is 11.1 Å². The van der Waals surface area contributed by atoms with E-state index >= 15 is 0 Å². The van der Waals surface area contributed by atoms with Gasteiger partial charge in [-0.15, -0.1) is 0 Å². The molecule has 0 fully saturated rings. The second kappa shape index (κ2) is 6.87. The number of hydrogen-bond acceptors (Lipinski definition) is 4. The van der Waals surface area contributed by atoms with Gasteiger partial charge < -0.3 is 14.9 Å². The van der Waals surface area contributed by atoms with Crippen LogP contribution in [0.4, 0.5) is 0 Å². The van der Waals surface area contributed by atoms with E-state index in [1.54, 1.807) is 12.3 Å². The number of phenols is 1. The van der Waals surface area contributed by atoms with Gasteiger partial charge in [-0.2, -0.15) is 0 Å². The number of fused-ring (bicyclic) bond motifs is 2. The second-order valence-electron chi connectivity index (χ2n) is 5.79. The van der Waals surface area contributed by atoms with Crippen molar-refractivity contribution in [2.45, 2.75) is 6.61 Å². The lowest BCUT2D eigenvalue weighted by Crippen LogP contribution is -1.92. The molecule has 4 nitrogen and oxygen atoms in total. The second-order valence-corrected chi connectivity index (χ2v) is 7.50. The van der Waals surface area contributed by atoms with E-state index in [2.05, 4.69) is 36.8 Å². The number of ether oxygens (including phenoxy) is 1. The average Bonchev–Trinajstić information content (AvgIpc) is 2.65. The van der Waals surface area contributed by atoms with Crippen molar-refractivity contribution < 1.29 is 14.9 Å². The van der Waals surface area contributed by atoms with Gasteiger partial charge in [-0.1, -0.05) is 34.1 Å². The largest absolute Gasteiger partial charge is 0.503 e. The summed E-state index contributed by atoms with van der Waals surface area (Å²) in [4.78, 5) is 4.37. The van der Waals surface area contributed by atoms with E-state index in [9.17, 15) is 10.2 Å². The van der Waals surface area contributed by atoms with Crippen LogP contribution in [0, 0.1) is 0 Å². The molecule has 0 spiro atoms. The summed E-state index contributed by atoms with van der Waals surface area (Å²) in [6.45, 7) is -0.137. The van der Waals surface area contributed by atoms with Crippen LogP contribution in [0.25, 0.3) is 21.7 Å². The van der Waals surface area contributed by atoms with Crippen LogP contribution in [-0.4, -0.2) is 15.2 Å². The highest BCUT2D eigenvalue weighted by Crippen LogP contribution is 2.44. The summed E-state index contributed by atoms with van der Waals surface area (Å²) in [5, 5.41) is 22.8. The lowest BCUT2D eigenvalue weighted by molar-refractivity contribution is 0.283. The van der Waals surface area contributed by atoms with E-state index in [1.807, 2.05) is 42.5 Å². The Balaban J connectivity index is 1.90. The van der Waals surface area contributed by atoms with Crippen molar-refractivity contribution in [3.63, 3.8) is 0 Å². The Bertz CT molecular complexity index is 1140. The Labute approximate surface area is 166 Å². The molecule has 26 heavy (non-hydrogen) atoms. The lowest BCUT2D eigenvalue weighted by atomic mass is 10.0. The molecule has 0 amide bonds. The van der Waals surface area contributed by atoms with Gasteiger partial charge in [0.25, 0.3) is 0 Å². The van der Waals surface area contributed by atoms with Gasteiger partial charge in [-0.05, 0) is 57.2 Å². The Morgan fingerprint density at radius 2 is 1.77 bits per heavy atom. The van der Waals surface area contributed by atoms with Crippen LogP contribution in [0.5, 0.6) is 17.2 Å². The van der Waals surface area contributed by atoms with E-state index < -0.39 is 0 Å². The molecule has 0 aliphatic heterocycles. The molecule has 0 bridgehead atoms. The first-order valence-electron chi connectivity index (χ1n) is 7.84. The van der Waals surface area contributed by atoms with Crippen molar-refractivity contribution in [1.82, 2.24) is 4.98 Å². The molecule has 0 atom stereocenters. The van der Waals surface area contributed by atoms with E-state index in [4.69, 9.17) is 4.74 Å². The smallest absolute Gasteiger partial charge is 0.173 e. The number of aromatic nitrogens is 1. The van der Waals surface area contributed by atoms with Crippen molar-refractivity contribution in [3.8, 4) is 17.2 Å². The summed E-state index contributed by atoms with van der Waals surface area (Å²) >= 11 is 6.89. The van der Waals surface area contributed by atoms with E-state index in [0.29, 0.717) is 21.5 Å². The topological polar surface area (TPSA) is 62.6 Å². The zero-order chi connectivity index (χ0) is 18.3. The number of aromatic hydroxyl groups is 1. The maximum atomic E-state index is 10.6. The first kappa shape index (κ1) is 17.3. The molecule has 0 radical (unpaired) electrons. The standard InChI is InChI=1S/C20H13Br2NO3/c21-14-7-12-9-16(20(25)18(22)17(12)13(8-14)10-24)26-15-5-1-3-11-4-2-6-23-19(11)15/h1-9,24-25H,10H2. The third-order valence-corrected chi connectivity index (χ3v) is 5.38. The third-order valence-electron chi connectivity index (χ3n) is 4.15. The molecular formula is C20H13Br2NO3. The predicted molar refractivity (Wildman–Crippen MR) is 109 cm³/mol. The molecule has 0 saturated heterocycles. The number of aliphatic hydroxyl groups is 1.